The molecule has 1 heterocycles. The van der Waals surface area contributed by atoms with Crippen LogP contribution >= 0.6 is 0 Å². The Labute approximate surface area is 214 Å². The summed E-state index contributed by atoms with van der Waals surface area (Å²) in [5, 5.41) is 13.3. The van der Waals surface area contributed by atoms with Crippen molar-refractivity contribution in [3.8, 4) is 5.69 Å². The van der Waals surface area contributed by atoms with E-state index in [0.29, 0.717) is 12.1 Å². The van der Waals surface area contributed by atoms with E-state index in [1.54, 1.807) is 12.1 Å². The van der Waals surface area contributed by atoms with Crippen molar-refractivity contribution in [3.63, 3.8) is 0 Å². The summed E-state index contributed by atoms with van der Waals surface area (Å²) in [4.78, 5) is 0. The molecule has 0 aliphatic heterocycles. The maximum absolute atomic E-state index is 13.3. The molecule has 188 valence electrons. The molecule has 0 aliphatic carbocycles. The number of para-hydroxylation sites is 1. The van der Waals surface area contributed by atoms with Gasteiger partial charge in [-0.25, -0.2) is 8.42 Å². The highest BCUT2D eigenvalue weighted by Crippen LogP contribution is 2.37. The molecule has 0 fully saturated rings. The topological polar surface area (TPSA) is 87.0 Å². The van der Waals surface area contributed by atoms with Gasteiger partial charge in [0.05, 0.1) is 11.4 Å². The Morgan fingerprint density at radius 1 is 0.861 bits per heavy atom. The molecule has 7 nitrogen and oxygen atoms in total. The second kappa shape index (κ2) is 10.5. The minimum atomic E-state index is -3.75. The molecule has 0 aliphatic rings. The van der Waals surface area contributed by atoms with E-state index in [4.69, 9.17) is 4.43 Å². The van der Waals surface area contributed by atoms with Gasteiger partial charge in [-0.2, -0.15) is 4.68 Å². The minimum Gasteiger partial charge on any atom is -0.405 e. The average molecular weight is 521 g/mol. The summed E-state index contributed by atoms with van der Waals surface area (Å²) in [6, 6.07) is 29.7. The Morgan fingerprint density at radius 3 is 1.86 bits per heavy atom. The summed E-state index contributed by atoms with van der Waals surface area (Å²) in [6.45, 7) is 8.57. The average Bonchev–Trinajstić information content (AvgIpc) is 3.38. The lowest BCUT2D eigenvalue weighted by atomic mass is 10.2. The summed E-state index contributed by atoms with van der Waals surface area (Å²) < 4.78 is 34.9. The highest BCUT2D eigenvalue weighted by molar-refractivity contribution is 7.91. The van der Waals surface area contributed by atoms with Crippen LogP contribution < -0.4 is 10.4 Å². The molecule has 4 aromatic rings. The molecule has 3 aromatic carbocycles. The largest absolute Gasteiger partial charge is 0.405 e. The van der Waals surface area contributed by atoms with Gasteiger partial charge in [0.1, 0.15) is 0 Å². The summed E-state index contributed by atoms with van der Waals surface area (Å²) in [5.41, 5.74) is 0.595. The highest BCUT2D eigenvalue weighted by atomic mass is 32.2. The van der Waals surface area contributed by atoms with Crippen molar-refractivity contribution >= 4 is 28.5 Å². The molecular formula is C27H32N4O3SSi. The molecule has 36 heavy (non-hydrogen) atoms. The van der Waals surface area contributed by atoms with Gasteiger partial charge in [0.15, 0.2) is 0 Å². The molecule has 0 N–H and O–H groups in total. The second-order valence-electron chi connectivity index (χ2n) is 9.91. The van der Waals surface area contributed by atoms with Gasteiger partial charge in [-0.3, -0.25) is 0 Å². The smallest absolute Gasteiger partial charge is 0.272 e. The van der Waals surface area contributed by atoms with Crippen molar-refractivity contribution in [2.75, 3.05) is 5.75 Å². The highest BCUT2D eigenvalue weighted by Gasteiger charge is 2.51. The molecule has 0 saturated heterocycles. The van der Waals surface area contributed by atoms with E-state index in [9.17, 15) is 8.42 Å². The minimum absolute atomic E-state index is 0.125. The summed E-state index contributed by atoms with van der Waals surface area (Å²) in [7, 11) is -6.53. The van der Waals surface area contributed by atoms with E-state index in [1.807, 2.05) is 61.5 Å². The van der Waals surface area contributed by atoms with Crippen LogP contribution in [0.15, 0.2) is 96.2 Å². The first-order chi connectivity index (χ1) is 17.1. The standard InChI is InChI=1S/C27H32N4O3SSi/c1-22(20-21-35(32,33)26-28-29-30-31(26)23-14-8-5-9-15-23)34-36(27(2,3)4,24-16-10-6-11-17-24)25-18-12-7-13-19-25/h5-19,22H,20-21H2,1-4H3/t22-/m0/s1. The molecule has 4 rings (SSSR count). The zero-order chi connectivity index (χ0) is 25.8. The fourth-order valence-corrected chi connectivity index (χ4v) is 10.7. The van der Waals surface area contributed by atoms with Gasteiger partial charge < -0.3 is 4.43 Å². The van der Waals surface area contributed by atoms with Gasteiger partial charge in [0.2, 0.25) is 9.84 Å². The van der Waals surface area contributed by atoms with Gasteiger partial charge in [0, 0.05) is 6.10 Å². The van der Waals surface area contributed by atoms with Gasteiger partial charge in [-0.05, 0) is 51.3 Å². The van der Waals surface area contributed by atoms with Crippen LogP contribution in [0.5, 0.6) is 0 Å². The Morgan fingerprint density at radius 2 is 1.36 bits per heavy atom. The number of nitrogens with zero attached hydrogens (tertiary/aromatic N) is 4. The predicted octanol–water partition coefficient (Wildman–Crippen LogP) is 3.79. The Balaban J connectivity index is 1.62. The van der Waals surface area contributed by atoms with Gasteiger partial charge in [0.25, 0.3) is 13.5 Å². The quantitative estimate of drug-likeness (QED) is 0.312. The number of rotatable bonds is 9. The fraction of sp³-hybridized carbons (Fsp3) is 0.296. The van der Waals surface area contributed by atoms with Gasteiger partial charge in [-0.1, -0.05) is 105 Å². The number of sulfone groups is 1. The molecule has 1 aromatic heterocycles. The Hall–Kier alpha value is -3.14. The molecule has 0 radical (unpaired) electrons. The van der Waals surface area contributed by atoms with Crippen LogP contribution in [-0.2, 0) is 14.3 Å². The summed E-state index contributed by atoms with van der Waals surface area (Å²) in [5.74, 6) is -0.125. The van der Waals surface area contributed by atoms with Gasteiger partial charge in [-0.15, -0.1) is 0 Å². The van der Waals surface area contributed by atoms with E-state index >= 15 is 0 Å². The normalized spacial score (nSPS) is 13.4. The number of hydrogen-bond acceptors (Lipinski definition) is 6. The van der Waals surface area contributed by atoms with E-state index < -0.39 is 18.2 Å². The Bertz CT molecular complexity index is 1330. The number of benzene rings is 3. The number of aromatic nitrogens is 4. The van der Waals surface area contributed by atoms with Crippen molar-refractivity contribution in [2.24, 2.45) is 0 Å². The third-order valence-corrected chi connectivity index (χ3v) is 13.1. The van der Waals surface area contributed by atoms with E-state index in [1.165, 1.54) is 4.68 Å². The van der Waals surface area contributed by atoms with E-state index in [-0.39, 0.29) is 22.1 Å². The van der Waals surface area contributed by atoms with Crippen molar-refractivity contribution in [2.45, 2.75) is 50.4 Å². The first-order valence-electron chi connectivity index (χ1n) is 12.0. The lowest BCUT2D eigenvalue weighted by molar-refractivity contribution is 0.203. The van der Waals surface area contributed by atoms with Crippen LogP contribution in [0.2, 0.25) is 5.04 Å². The SMILES string of the molecule is C[C@@H](CCS(=O)(=O)c1nnnn1-c1ccccc1)O[Si](c1ccccc1)(c1ccccc1)C(C)(C)C. The van der Waals surface area contributed by atoms with Crippen LogP contribution in [-0.4, -0.2) is 48.8 Å². The zero-order valence-electron chi connectivity index (χ0n) is 21.1. The zero-order valence-corrected chi connectivity index (χ0v) is 22.9. The lowest BCUT2D eigenvalue weighted by Crippen LogP contribution is -2.67. The number of hydrogen-bond donors (Lipinski definition) is 0. The first kappa shape index (κ1) is 25.9. The molecule has 0 bridgehead atoms. The van der Waals surface area contributed by atoms with Crippen molar-refractivity contribution in [3.05, 3.63) is 91.0 Å². The van der Waals surface area contributed by atoms with Crippen LogP contribution in [0.4, 0.5) is 0 Å². The Kier molecular flexibility index (Phi) is 7.53. The van der Waals surface area contributed by atoms with Gasteiger partial charge >= 0.3 is 0 Å². The fourth-order valence-electron chi connectivity index (χ4n) is 4.57. The molecule has 0 saturated carbocycles. The summed E-state index contributed by atoms with van der Waals surface area (Å²) in [6.07, 6.45) is 0.00113. The van der Waals surface area contributed by atoms with E-state index in [0.717, 1.165) is 10.4 Å². The van der Waals surface area contributed by atoms with E-state index in [2.05, 4.69) is 60.6 Å². The van der Waals surface area contributed by atoms with Crippen LogP contribution in [0, 0.1) is 0 Å². The molecule has 1 atom stereocenters. The van der Waals surface area contributed by atoms with Crippen LogP contribution in [0.1, 0.15) is 34.1 Å². The van der Waals surface area contributed by atoms with Crippen molar-refractivity contribution in [1.29, 1.82) is 0 Å². The number of tetrazole rings is 1. The molecular weight excluding hydrogens is 488 g/mol. The molecule has 0 amide bonds. The third kappa shape index (κ3) is 5.18. The summed E-state index contributed by atoms with van der Waals surface area (Å²) >= 11 is 0. The maximum atomic E-state index is 13.3. The second-order valence-corrected chi connectivity index (χ2v) is 16.2. The predicted molar refractivity (Wildman–Crippen MR) is 144 cm³/mol. The molecule has 9 heteroatoms. The maximum Gasteiger partial charge on any atom is 0.272 e. The third-order valence-electron chi connectivity index (χ3n) is 6.31. The van der Waals surface area contributed by atoms with Crippen LogP contribution in [0.25, 0.3) is 5.69 Å². The monoisotopic (exact) mass is 520 g/mol. The van der Waals surface area contributed by atoms with Crippen molar-refractivity contribution in [1.82, 2.24) is 20.2 Å². The molecule has 0 spiro atoms. The van der Waals surface area contributed by atoms with Crippen LogP contribution in [0.3, 0.4) is 0 Å². The lowest BCUT2D eigenvalue weighted by Gasteiger charge is -2.44. The molecule has 0 unspecified atom stereocenters. The van der Waals surface area contributed by atoms with Crippen molar-refractivity contribution < 1.29 is 12.8 Å². The first-order valence-corrected chi connectivity index (χ1v) is 15.6.